The minimum Gasteiger partial charge on any atom is -0.440 e. The number of hydrogen-bond donors (Lipinski definition) is 1. The summed E-state index contributed by atoms with van der Waals surface area (Å²) in [6.45, 7) is 1.39. The Hall–Kier alpha value is -2.89. The molecule has 1 aliphatic heterocycles. The molecule has 122 valence electrons. The Kier molecular flexibility index (Phi) is 3.86. The Morgan fingerprint density at radius 3 is 2.62 bits per heavy atom. The number of aromatic nitrogens is 2. The molecule has 0 aliphatic carbocycles. The van der Waals surface area contributed by atoms with Crippen molar-refractivity contribution in [3.05, 3.63) is 54.7 Å². The van der Waals surface area contributed by atoms with Crippen molar-refractivity contribution < 1.29 is 9.21 Å². The molecular formula is C18H18N4O2. The van der Waals surface area contributed by atoms with Gasteiger partial charge in [0.2, 0.25) is 0 Å². The molecule has 1 N–H and O–H groups in total. The topological polar surface area (TPSA) is 71.3 Å². The number of anilines is 1. The predicted molar refractivity (Wildman–Crippen MR) is 90.8 cm³/mol. The number of nitrogens with one attached hydrogen (secondary N) is 1. The summed E-state index contributed by atoms with van der Waals surface area (Å²) in [4.78, 5) is 22.7. The number of carbonyl (C=O) groups excluding carboxylic acids is 1. The molecule has 0 saturated carbocycles. The van der Waals surface area contributed by atoms with Crippen LogP contribution in [0, 0.1) is 0 Å². The number of para-hydroxylation sites is 2. The first-order chi connectivity index (χ1) is 11.8. The summed E-state index contributed by atoms with van der Waals surface area (Å²) < 4.78 is 5.86. The first-order valence-corrected chi connectivity index (χ1v) is 8.11. The highest BCUT2D eigenvalue weighted by Crippen LogP contribution is 2.30. The molecule has 1 aromatic carbocycles. The maximum Gasteiger partial charge on any atom is 0.321 e. The largest absolute Gasteiger partial charge is 0.440 e. The molecule has 0 radical (unpaired) electrons. The Morgan fingerprint density at radius 1 is 1.12 bits per heavy atom. The van der Waals surface area contributed by atoms with E-state index in [-0.39, 0.29) is 11.9 Å². The van der Waals surface area contributed by atoms with E-state index >= 15 is 0 Å². The maximum atomic E-state index is 12.3. The van der Waals surface area contributed by atoms with Crippen molar-refractivity contribution in [2.45, 2.75) is 18.8 Å². The fourth-order valence-electron chi connectivity index (χ4n) is 3.03. The SMILES string of the molecule is O=C(Nc1ccncc1)N1CCC(c2nc3ccccc3o2)CC1. The highest BCUT2D eigenvalue weighted by Gasteiger charge is 2.27. The van der Waals surface area contributed by atoms with Gasteiger partial charge in [-0.1, -0.05) is 12.1 Å². The molecule has 6 nitrogen and oxygen atoms in total. The number of hydrogen-bond acceptors (Lipinski definition) is 4. The molecular weight excluding hydrogens is 304 g/mol. The third-order valence-electron chi connectivity index (χ3n) is 4.37. The zero-order valence-electron chi connectivity index (χ0n) is 13.2. The van der Waals surface area contributed by atoms with Gasteiger partial charge in [0.25, 0.3) is 0 Å². The summed E-state index contributed by atoms with van der Waals surface area (Å²) in [6.07, 6.45) is 5.04. The molecule has 3 heterocycles. The van der Waals surface area contributed by atoms with Gasteiger partial charge in [-0.05, 0) is 37.1 Å². The van der Waals surface area contributed by atoms with Crippen molar-refractivity contribution in [2.75, 3.05) is 18.4 Å². The summed E-state index contributed by atoms with van der Waals surface area (Å²) in [5.41, 5.74) is 2.48. The van der Waals surface area contributed by atoms with Gasteiger partial charge in [0.1, 0.15) is 5.52 Å². The second kappa shape index (κ2) is 6.31. The smallest absolute Gasteiger partial charge is 0.321 e. The first-order valence-electron chi connectivity index (χ1n) is 8.11. The minimum absolute atomic E-state index is 0.0720. The standard InChI is InChI=1S/C18H18N4O2/c23-18(20-14-5-9-19-10-6-14)22-11-7-13(8-12-22)17-21-15-3-1-2-4-16(15)24-17/h1-6,9-10,13H,7-8,11-12H2,(H,19,20,23). The molecule has 1 fully saturated rings. The normalized spacial score (nSPS) is 15.6. The quantitative estimate of drug-likeness (QED) is 0.782. The van der Waals surface area contributed by atoms with Crippen molar-refractivity contribution in [2.24, 2.45) is 0 Å². The first kappa shape index (κ1) is 14.7. The third-order valence-corrected chi connectivity index (χ3v) is 4.37. The Morgan fingerprint density at radius 2 is 1.88 bits per heavy atom. The molecule has 4 rings (SSSR count). The lowest BCUT2D eigenvalue weighted by Gasteiger charge is -2.30. The van der Waals surface area contributed by atoms with E-state index in [1.807, 2.05) is 29.2 Å². The summed E-state index contributed by atoms with van der Waals surface area (Å²) >= 11 is 0. The second-order valence-electron chi connectivity index (χ2n) is 5.95. The van der Waals surface area contributed by atoms with Crippen LogP contribution in [0.1, 0.15) is 24.7 Å². The molecule has 1 aliphatic rings. The highest BCUT2D eigenvalue weighted by molar-refractivity contribution is 5.89. The van der Waals surface area contributed by atoms with E-state index in [0.29, 0.717) is 13.1 Å². The zero-order valence-corrected chi connectivity index (χ0v) is 13.2. The van der Waals surface area contributed by atoms with E-state index < -0.39 is 0 Å². The predicted octanol–water partition coefficient (Wildman–Crippen LogP) is 3.63. The van der Waals surface area contributed by atoms with E-state index in [0.717, 1.165) is 35.5 Å². The number of urea groups is 1. The summed E-state index contributed by atoms with van der Waals surface area (Å²) in [6, 6.07) is 11.3. The van der Waals surface area contributed by atoms with E-state index in [1.54, 1.807) is 24.5 Å². The Labute approximate surface area is 139 Å². The average Bonchev–Trinajstić information content (AvgIpc) is 3.07. The molecule has 0 spiro atoms. The van der Waals surface area contributed by atoms with E-state index in [1.165, 1.54) is 0 Å². The van der Waals surface area contributed by atoms with Crippen molar-refractivity contribution in [3.8, 4) is 0 Å². The number of piperidine rings is 1. The van der Waals surface area contributed by atoms with Gasteiger partial charge in [0.15, 0.2) is 11.5 Å². The lowest BCUT2D eigenvalue weighted by Crippen LogP contribution is -2.40. The van der Waals surface area contributed by atoms with E-state index in [4.69, 9.17) is 4.42 Å². The third kappa shape index (κ3) is 2.95. The van der Waals surface area contributed by atoms with Crippen LogP contribution in [0.5, 0.6) is 0 Å². The zero-order chi connectivity index (χ0) is 16.4. The van der Waals surface area contributed by atoms with Crippen LogP contribution in [0.4, 0.5) is 10.5 Å². The Bertz CT molecular complexity index is 805. The monoisotopic (exact) mass is 322 g/mol. The van der Waals surface area contributed by atoms with Crippen LogP contribution >= 0.6 is 0 Å². The van der Waals surface area contributed by atoms with Crippen LogP contribution in [0.25, 0.3) is 11.1 Å². The molecule has 2 amide bonds. The number of carbonyl (C=O) groups is 1. The van der Waals surface area contributed by atoms with Crippen LogP contribution in [0.2, 0.25) is 0 Å². The number of pyridine rings is 1. The van der Waals surface area contributed by atoms with E-state index in [9.17, 15) is 4.79 Å². The van der Waals surface area contributed by atoms with Crippen molar-refractivity contribution >= 4 is 22.8 Å². The van der Waals surface area contributed by atoms with Crippen LogP contribution in [0.3, 0.4) is 0 Å². The van der Waals surface area contributed by atoms with Gasteiger partial charge >= 0.3 is 6.03 Å². The average molecular weight is 322 g/mol. The number of benzene rings is 1. The lowest BCUT2D eigenvalue weighted by molar-refractivity contribution is 0.190. The van der Waals surface area contributed by atoms with Gasteiger partial charge in [0.05, 0.1) is 0 Å². The number of rotatable bonds is 2. The molecule has 2 aromatic heterocycles. The lowest BCUT2D eigenvalue weighted by atomic mass is 9.97. The summed E-state index contributed by atoms with van der Waals surface area (Å²) in [5.74, 6) is 1.05. The number of fused-ring (bicyclic) bond motifs is 1. The van der Waals surface area contributed by atoms with Crippen LogP contribution < -0.4 is 5.32 Å². The molecule has 24 heavy (non-hydrogen) atoms. The van der Waals surface area contributed by atoms with Gasteiger partial charge in [-0.3, -0.25) is 4.98 Å². The number of nitrogens with zero attached hydrogens (tertiary/aromatic N) is 3. The van der Waals surface area contributed by atoms with Crippen LogP contribution in [-0.4, -0.2) is 34.0 Å². The fraction of sp³-hybridized carbons (Fsp3) is 0.278. The van der Waals surface area contributed by atoms with Crippen LogP contribution in [-0.2, 0) is 0 Å². The molecule has 0 atom stereocenters. The van der Waals surface area contributed by atoms with Gasteiger partial charge in [-0.15, -0.1) is 0 Å². The van der Waals surface area contributed by atoms with Gasteiger partial charge in [-0.25, -0.2) is 9.78 Å². The maximum absolute atomic E-state index is 12.3. The fourth-order valence-corrected chi connectivity index (χ4v) is 3.03. The number of oxazole rings is 1. The molecule has 0 unspecified atom stereocenters. The number of likely N-dealkylation sites (tertiary alicyclic amines) is 1. The molecule has 6 heteroatoms. The van der Waals surface area contributed by atoms with Gasteiger partial charge < -0.3 is 14.6 Å². The molecule has 0 bridgehead atoms. The van der Waals surface area contributed by atoms with Crippen LogP contribution in [0.15, 0.2) is 53.2 Å². The molecule has 3 aromatic rings. The van der Waals surface area contributed by atoms with E-state index in [2.05, 4.69) is 15.3 Å². The number of amides is 2. The van der Waals surface area contributed by atoms with Gasteiger partial charge in [0, 0.05) is 37.1 Å². The van der Waals surface area contributed by atoms with Gasteiger partial charge in [-0.2, -0.15) is 0 Å². The second-order valence-corrected chi connectivity index (χ2v) is 5.95. The summed E-state index contributed by atoms with van der Waals surface area (Å²) in [7, 11) is 0. The minimum atomic E-state index is -0.0720. The molecule has 1 saturated heterocycles. The van der Waals surface area contributed by atoms with Crippen molar-refractivity contribution in [1.82, 2.24) is 14.9 Å². The van der Waals surface area contributed by atoms with Crippen molar-refractivity contribution in [3.63, 3.8) is 0 Å². The Balaban J connectivity index is 1.38. The highest BCUT2D eigenvalue weighted by atomic mass is 16.3. The van der Waals surface area contributed by atoms with Crippen molar-refractivity contribution in [1.29, 1.82) is 0 Å². The summed E-state index contributed by atoms with van der Waals surface area (Å²) in [5, 5.41) is 2.90.